The highest BCUT2D eigenvalue weighted by Crippen LogP contribution is 2.26. The van der Waals surface area contributed by atoms with Gasteiger partial charge in [0.05, 0.1) is 3.57 Å². The number of ether oxygens (including phenoxy) is 1. The van der Waals surface area contributed by atoms with Crippen molar-refractivity contribution in [3.63, 3.8) is 0 Å². The maximum absolute atomic E-state index is 11.5. The Hall–Kier alpha value is -1.36. The molecule has 2 aromatic rings. The molecule has 0 heterocycles. The molecule has 3 heteroatoms. The molecule has 0 radical (unpaired) electrons. The van der Waals surface area contributed by atoms with Crippen molar-refractivity contribution >= 4 is 28.4 Å². The Kier molecular flexibility index (Phi) is 4.36. The normalized spacial score (nSPS) is 10.1. The van der Waals surface area contributed by atoms with Crippen LogP contribution in [0.3, 0.4) is 0 Å². The number of halogens is 1. The highest BCUT2D eigenvalue weighted by Gasteiger charge is 2.04. The zero-order valence-corrected chi connectivity index (χ0v) is 12.2. The second-order valence-corrected chi connectivity index (χ2v) is 5.00. The van der Waals surface area contributed by atoms with Crippen LogP contribution < -0.4 is 4.74 Å². The van der Waals surface area contributed by atoms with Crippen LogP contribution in [-0.2, 0) is 0 Å². The Balaban J connectivity index is 2.16. The lowest BCUT2D eigenvalue weighted by molar-refractivity contribution is 0.0988. The quantitative estimate of drug-likeness (QED) is 0.590. The van der Waals surface area contributed by atoms with Gasteiger partial charge >= 0.3 is 0 Å². The molecule has 2 aromatic carbocycles. The van der Waals surface area contributed by atoms with E-state index in [-0.39, 0.29) is 5.78 Å². The number of rotatable bonds is 4. The summed E-state index contributed by atoms with van der Waals surface area (Å²) in [6, 6.07) is 15.1. The maximum atomic E-state index is 11.5. The predicted octanol–water partition coefficient (Wildman–Crippen LogP) is 4.68. The first kappa shape index (κ1) is 13.1. The minimum absolute atomic E-state index is 0.149. The van der Waals surface area contributed by atoms with Crippen molar-refractivity contribution in [2.75, 3.05) is 0 Å². The van der Waals surface area contributed by atoms with Gasteiger partial charge in [0.2, 0.25) is 0 Å². The molecule has 0 atom stereocenters. The van der Waals surface area contributed by atoms with Crippen LogP contribution in [0.1, 0.15) is 23.7 Å². The average molecular weight is 352 g/mol. The molecule has 2 rings (SSSR count). The lowest BCUT2D eigenvalue weighted by atomic mass is 10.1. The molecule has 0 aliphatic heterocycles. The highest BCUT2D eigenvalue weighted by molar-refractivity contribution is 14.1. The van der Waals surface area contributed by atoms with Crippen LogP contribution in [0.2, 0.25) is 0 Å². The van der Waals surface area contributed by atoms with Crippen LogP contribution in [0.15, 0.2) is 48.5 Å². The number of hydrogen-bond donors (Lipinski definition) is 0. The van der Waals surface area contributed by atoms with Crippen molar-refractivity contribution in [2.24, 2.45) is 0 Å². The van der Waals surface area contributed by atoms with E-state index in [1.807, 2.05) is 43.3 Å². The second-order valence-electron chi connectivity index (χ2n) is 3.83. The van der Waals surface area contributed by atoms with E-state index in [2.05, 4.69) is 22.6 Å². The first-order valence-electron chi connectivity index (χ1n) is 5.76. The van der Waals surface area contributed by atoms with Crippen LogP contribution in [0, 0.1) is 3.57 Å². The molecule has 0 fully saturated rings. The molecule has 0 unspecified atom stereocenters. The van der Waals surface area contributed by atoms with Crippen LogP contribution in [0.4, 0.5) is 0 Å². The largest absolute Gasteiger partial charge is 0.456 e. The molecule has 0 bridgehead atoms. The van der Waals surface area contributed by atoms with Crippen molar-refractivity contribution in [2.45, 2.75) is 13.3 Å². The standard InChI is InChI=1S/C15H13IO2/c1-2-14(17)11-7-9-12(10-8-11)18-15-6-4-3-5-13(15)16/h3-10H,2H2,1H3. The number of carbonyl (C=O) groups excluding carboxylic acids is 1. The zero-order valence-electron chi connectivity index (χ0n) is 10.0. The van der Waals surface area contributed by atoms with Gasteiger partial charge in [-0.2, -0.15) is 0 Å². The molecule has 0 aliphatic rings. The molecule has 0 saturated carbocycles. The summed E-state index contributed by atoms with van der Waals surface area (Å²) in [5, 5.41) is 0. The molecule has 92 valence electrons. The summed E-state index contributed by atoms with van der Waals surface area (Å²) >= 11 is 2.23. The Bertz CT molecular complexity index is 547. The zero-order chi connectivity index (χ0) is 13.0. The summed E-state index contributed by atoms with van der Waals surface area (Å²) in [6.07, 6.45) is 0.525. The SMILES string of the molecule is CCC(=O)c1ccc(Oc2ccccc2I)cc1. The van der Waals surface area contributed by atoms with Gasteiger partial charge in [-0.15, -0.1) is 0 Å². The third-order valence-corrected chi connectivity index (χ3v) is 3.45. The Morgan fingerprint density at radius 3 is 2.39 bits per heavy atom. The van der Waals surface area contributed by atoms with E-state index in [1.54, 1.807) is 12.1 Å². The summed E-state index contributed by atoms with van der Waals surface area (Å²) in [5.41, 5.74) is 0.729. The van der Waals surface area contributed by atoms with E-state index in [1.165, 1.54) is 0 Å². The van der Waals surface area contributed by atoms with Gasteiger partial charge in [-0.05, 0) is 59.0 Å². The number of carbonyl (C=O) groups is 1. The topological polar surface area (TPSA) is 26.3 Å². The number of ketones is 1. The van der Waals surface area contributed by atoms with Gasteiger partial charge in [-0.1, -0.05) is 19.1 Å². The van der Waals surface area contributed by atoms with Crippen molar-refractivity contribution in [3.8, 4) is 11.5 Å². The second kappa shape index (κ2) is 6.00. The van der Waals surface area contributed by atoms with E-state index in [0.717, 1.165) is 20.6 Å². The minimum atomic E-state index is 0.149. The average Bonchev–Trinajstić information content (AvgIpc) is 2.41. The summed E-state index contributed by atoms with van der Waals surface area (Å²) in [5.74, 6) is 1.72. The van der Waals surface area contributed by atoms with E-state index < -0.39 is 0 Å². The lowest BCUT2D eigenvalue weighted by Gasteiger charge is -2.07. The van der Waals surface area contributed by atoms with E-state index >= 15 is 0 Å². The van der Waals surface area contributed by atoms with E-state index in [9.17, 15) is 4.79 Å². The number of para-hydroxylation sites is 1. The molecule has 18 heavy (non-hydrogen) atoms. The lowest BCUT2D eigenvalue weighted by Crippen LogP contribution is -1.95. The molecular weight excluding hydrogens is 339 g/mol. The monoisotopic (exact) mass is 352 g/mol. The number of Topliss-reactive ketones (excluding diaryl/α,β-unsaturated/α-hetero) is 1. The first-order chi connectivity index (χ1) is 8.70. The van der Waals surface area contributed by atoms with Crippen LogP contribution in [0.5, 0.6) is 11.5 Å². The summed E-state index contributed by atoms with van der Waals surface area (Å²) in [4.78, 5) is 11.5. The molecule has 2 nitrogen and oxygen atoms in total. The van der Waals surface area contributed by atoms with Gasteiger partial charge in [0.25, 0.3) is 0 Å². The van der Waals surface area contributed by atoms with Crippen LogP contribution in [0.25, 0.3) is 0 Å². The molecule has 0 saturated heterocycles. The third kappa shape index (κ3) is 3.10. The van der Waals surface area contributed by atoms with Crippen molar-refractivity contribution in [1.29, 1.82) is 0 Å². The highest BCUT2D eigenvalue weighted by atomic mass is 127. The van der Waals surface area contributed by atoms with Gasteiger partial charge in [0.1, 0.15) is 11.5 Å². The Morgan fingerprint density at radius 1 is 1.11 bits per heavy atom. The Labute approximate surface area is 120 Å². The van der Waals surface area contributed by atoms with E-state index in [0.29, 0.717) is 6.42 Å². The molecular formula is C15H13IO2. The van der Waals surface area contributed by atoms with Crippen LogP contribution >= 0.6 is 22.6 Å². The van der Waals surface area contributed by atoms with Crippen molar-refractivity contribution in [3.05, 3.63) is 57.7 Å². The molecule has 0 N–H and O–H groups in total. The maximum Gasteiger partial charge on any atom is 0.162 e. The number of hydrogen-bond acceptors (Lipinski definition) is 2. The smallest absolute Gasteiger partial charge is 0.162 e. The van der Waals surface area contributed by atoms with E-state index in [4.69, 9.17) is 4.74 Å². The van der Waals surface area contributed by atoms with Crippen LogP contribution in [-0.4, -0.2) is 5.78 Å². The molecule has 0 aliphatic carbocycles. The predicted molar refractivity (Wildman–Crippen MR) is 80.3 cm³/mol. The summed E-state index contributed by atoms with van der Waals surface area (Å²) in [7, 11) is 0. The molecule has 0 amide bonds. The fourth-order valence-electron chi connectivity index (χ4n) is 1.57. The van der Waals surface area contributed by atoms with Gasteiger partial charge in [0.15, 0.2) is 5.78 Å². The summed E-state index contributed by atoms with van der Waals surface area (Å²) < 4.78 is 6.82. The Morgan fingerprint density at radius 2 is 1.78 bits per heavy atom. The van der Waals surface area contributed by atoms with Crippen molar-refractivity contribution in [1.82, 2.24) is 0 Å². The van der Waals surface area contributed by atoms with Gasteiger partial charge in [-0.25, -0.2) is 0 Å². The fourth-order valence-corrected chi connectivity index (χ4v) is 2.06. The summed E-state index contributed by atoms with van der Waals surface area (Å²) in [6.45, 7) is 1.86. The fraction of sp³-hybridized carbons (Fsp3) is 0.133. The third-order valence-electron chi connectivity index (χ3n) is 2.56. The van der Waals surface area contributed by atoms with Gasteiger partial charge in [-0.3, -0.25) is 4.79 Å². The minimum Gasteiger partial charge on any atom is -0.456 e. The van der Waals surface area contributed by atoms with Gasteiger partial charge < -0.3 is 4.74 Å². The first-order valence-corrected chi connectivity index (χ1v) is 6.84. The molecule has 0 spiro atoms. The molecule has 0 aromatic heterocycles. The van der Waals surface area contributed by atoms with Crippen molar-refractivity contribution < 1.29 is 9.53 Å². The number of benzene rings is 2. The van der Waals surface area contributed by atoms with Gasteiger partial charge in [0, 0.05) is 12.0 Å².